The molecule has 1 aromatic rings. The lowest BCUT2D eigenvalue weighted by Gasteiger charge is -2.35. The molecule has 3 heterocycles. The van der Waals surface area contributed by atoms with E-state index in [0.29, 0.717) is 38.3 Å². The molecule has 6 heteroatoms. The van der Waals surface area contributed by atoms with E-state index in [4.69, 9.17) is 0 Å². The van der Waals surface area contributed by atoms with Gasteiger partial charge in [-0.15, -0.1) is 0 Å². The number of carbonyl (C=O) groups excluding carboxylic acids is 2. The summed E-state index contributed by atoms with van der Waals surface area (Å²) in [6.07, 6.45) is 4.73. The molecule has 0 aliphatic carbocycles. The van der Waals surface area contributed by atoms with E-state index in [1.807, 2.05) is 11.0 Å². The third-order valence-corrected chi connectivity index (χ3v) is 4.64. The molecule has 2 fully saturated rings. The lowest BCUT2D eigenvalue weighted by molar-refractivity contribution is -0.133. The normalized spacial score (nSPS) is 19.1. The molecule has 2 amide bonds. The number of carbonyl (C=O) groups is 2. The summed E-state index contributed by atoms with van der Waals surface area (Å²) >= 11 is 0. The number of amides is 2. The van der Waals surface area contributed by atoms with Crippen molar-refractivity contribution in [3.8, 4) is 0 Å². The largest absolute Gasteiger partial charge is 0.339 e. The van der Waals surface area contributed by atoms with Crippen molar-refractivity contribution < 1.29 is 9.59 Å². The minimum absolute atomic E-state index is 0.0465. The van der Waals surface area contributed by atoms with E-state index in [0.717, 1.165) is 19.6 Å². The van der Waals surface area contributed by atoms with Gasteiger partial charge in [0.05, 0.1) is 0 Å². The van der Waals surface area contributed by atoms with Gasteiger partial charge in [0.25, 0.3) is 5.91 Å². The van der Waals surface area contributed by atoms with Crippen molar-refractivity contribution in [2.45, 2.75) is 19.3 Å². The van der Waals surface area contributed by atoms with Crippen molar-refractivity contribution in [2.24, 2.45) is 0 Å². The topological polar surface area (TPSA) is 56.8 Å². The molecule has 124 valence electrons. The highest BCUT2D eigenvalue weighted by molar-refractivity contribution is 5.92. The first-order valence-corrected chi connectivity index (χ1v) is 8.44. The molecule has 0 atom stereocenters. The summed E-state index contributed by atoms with van der Waals surface area (Å²) in [7, 11) is 0. The zero-order valence-electron chi connectivity index (χ0n) is 13.5. The lowest BCUT2D eigenvalue weighted by Crippen LogP contribution is -2.51. The molecule has 0 radical (unpaired) electrons. The van der Waals surface area contributed by atoms with E-state index in [1.54, 1.807) is 23.2 Å². The molecule has 0 saturated carbocycles. The Kier molecular flexibility index (Phi) is 5.23. The first-order chi connectivity index (χ1) is 11.2. The van der Waals surface area contributed by atoms with Crippen LogP contribution in [-0.4, -0.2) is 77.3 Å². The predicted molar refractivity (Wildman–Crippen MR) is 87.0 cm³/mol. The number of hydrogen-bond donors (Lipinski definition) is 0. The lowest BCUT2D eigenvalue weighted by atomic mass is 10.2. The monoisotopic (exact) mass is 316 g/mol. The molecule has 3 rings (SSSR count). The fourth-order valence-corrected chi connectivity index (χ4v) is 3.23. The van der Waals surface area contributed by atoms with Crippen LogP contribution >= 0.6 is 0 Å². The second kappa shape index (κ2) is 7.55. The van der Waals surface area contributed by atoms with Gasteiger partial charge >= 0.3 is 0 Å². The first-order valence-electron chi connectivity index (χ1n) is 8.44. The molecular formula is C17H24N4O2. The molecule has 0 aromatic carbocycles. The van der Waals surface area contributed by atoms with Gasteiger partial charge < -0.3 is 14.7 Å². The van der Waals surface area contributed by atoms with Gasteiger partial charge in [-0.1, -0.05) is 6.07 Å². The van der Waals surface area contributed by atoms with Crippen LogP contribution in [0.2, 0.25) is 0 Å². The van der Waals surface area contributed by atoms with E-state index in [2.05, 4.69) is 9.88 Å². The SMILES string of the molecule is O=C(CCN1CCCC1)N1CCN(C(=O)c2ccccn2)CC1. The van der Waals surface area contributed by atoms with Crippen LogP contribution in [0.4, 0.5) is 0 Å². The van der Waals surface area contributed by atoms with Crippen LogP contribution in [0.3, 0.4) is 0 Å². The number of likely N-dealkylation sites (tertiary alicyclic amines) is 1. The van der Waals surface area contributed by atoms with Gasteiger partial charge in [0, 0.05) is 45.3 Å². The van der Waals surface area contributed by atoms with Gasteiger partial charge in [-0.2, -0.15) is 0 Å². The smallest absolute Gasteiger partial charge is 0.272 e. The van der Waals surface area contributed by atoms with Gasteiger partial charge in [0.1, 0.15) is 5.69 Å². The summed E-state index contributed by atoms with van der Waals surface area (Å²) in [5, 5.41) is 0. The van der Waals surface area contributed by atoms with E-state index in [1.165, 1.54) is 12.8 Å². The number of rotatable bonds is 4. The second-order valence-electron chi connectivity index (χ2n) is 6.19. The number of piperazine rings is 1. The maximum Gasteiger partial charge on any atom is 0.272 e. The Labute approximate surface area is 137 Å². The maximum absolute atomic E-state index is 12.3. The van der Waals surface area contributed by atoms with E-state index in [-0.39, 0.29) is 11.8 Å². The van der Waals surface area contributed by atoms with Gasteiger partial charge in [0.2, 0.25) is 5.91 Å². The molecule has 0 unspecified atom stereocenters. The highest BCUT2D eigenvalue weighted by Gasteiger charge is 2.25. The van der Waals surface area contributed by atoms with Gasteiger partial charge in [-0.3, -0.25) is 14.6 Å². The van der Waals surface area contributed by atoms with Crippen LogP contribution in [0.1, 0.15) is 29.8 Å². The number of aromatic nitrogens is 1. The molecular weight excluding hydrogens is 292 g/mol. The molecule has 2 aliphatic rings. The van der Waals surface area contributed by atoms with Crippen molar-refractivity contribution in [3.05, 3.63) is 30.1 Å². The first kappa shape index (κ1) is 15.9. The zero-order valence-corrected chi connectivity index (χ0v) is 13.5. The average molecular weight is 316 g/mol. The Hall–Kier alpha value is -1.95. The predicted octanol–water partition coefficient (Wildman–Crippen LogP) is 0.852. The van der Waals surface area contributed by atoms with E-state index >= 15 is 0 Å². The molecule has 1 aromatic heterocycles. The molecule has 23 heavy (non-hydrogen) atoms. The van der Waals surface area contributed by atoms with Crippen LogP contribution in [0, 0.1) is 0 Å². The van der Waals surface area contributed by atoms with Crippen molar-refractivity contribution >= 4 is 11.8 Å². The van der Waals surface area contributed by atoms with Gasteiger partial charge in [0.15, 0.2) is 0 Å². The third-order valence-electron chi connectivity index (χ3n) is 4.64. The van der Waals surface area contributed by atoms with Crippen LogP contribution in [0.15, 0.2) is 24.4 Å². The molecule has 2 saturated heterocycles. The highest BCUT2D eigenvalue weighted by atomic mass is 16.2. The number of hydrogen-bond acceptors (Lipinski definition) is 4. The number of nitrogens with zero attached hydrogens (tertiary/aromatic N) is 4. The van der Waals surface area contributed by atoms with Crippen molar-refractivity contribution in [3.63, 3.8) is 0 Å². The van der Waals surface area contributed by atoms with Crippen molar-refractivity contribution in [1.82, 2.24) is 19.7 Å². The highest BCUT2D eigenvalue weighted by Crippen LogP contribution is 2.11. The van der Waals surface area contributed by atoms with Crippen molar-refractivity contribution in [1.29, 1.82) is 0 Å². The van der Waals surface area contributed by atoms with Crippen LogP contribution in [-0.2, 0) is 4.79 Å². The Balaban J connectivity index is 1.44. The standard InChI is InChI=1S/C17H24N4O2/c22-16(6-10-19-8-3-4-9-19)20-11-13-21(14-12-20)17(23)15-5-1-2-7-18-15/h1-2,5,7H,3-4,6,8-14H2. The fraction of sp³-hybridized carbons (Fsp3) is 0.588. The summed E-state index contributed by atoms with van der Waals surface area (Å²) in [5.74, 6) is 0.164. The molecule has 0 N–H and O–H groups in total. The summed E-state index contributed by atoms with van der Waals surface area (Å²) < 4.78 is 0. The maximum atomic E-state index is 12.3. The Morgan fingerprint density at radius 1 is 0.957 bits per heavy atom. The molecule has 0 spiro atoms. The van der Waals surface area contributed by atoms with Crippen LogP contribution in [0.5, 0.6) is 0 Å². The van der Waals surface area contributed by atoms with Crippen LogP contribution < -0.4 is 0 Å². The second-order valence-corrected chi connectivity index (χ2v) is 6.19. The molecule has 0 bridgehead atoms. The minimum atomic E-state index is -0.0465. The average Bonchev–Trinajstić information content (AvgIpc) is 3.13. The van der Waals surface area contributed by atoms with Crippen LogP contribution in [0.25, 0.3) is 0 Å². The summed E-state index contributed by atoms with van der Waals surface area (Å²) in [6.45, 7) is 5.54. The Morgan fingerprint density at radius 3 is 2.30 bits per heavy atom. The Bertz CT molecular complexity index is 535. The molecule has 6 nitrogen and oxygen atoms in total. The minimum Gasteiger partial charge on any atom is -0.339 e. The summed E-state index contributed by atoms with van der Waals surface area (Å²) in [6, 6.07) is 5.35. The van der Waals surface area contributed by atoms with Gasteiger partial charge in [-0.25, -0.2) is 0 Å². The third kappa shape index (κ3) is 4.07. The van der Waals surface area contributed by atoms with E-state index < -0.39 is 0 Å². The summed E-state index contributed by atoms with van der Waals surface area (Å²) in [5.41, 5.74) is 0.473. The fourth-order valence-electron chi connectivity index (χ4n) is 3.23. The quantitative estimate of drug-likeness (QED) is 0.826. The number of pyridine rings is 1. The zero-order chi connectivity index (χ0) is 16.1. The van der Waals surface area contributed by atoms with Crippen molar-refractivity contribution in [2.75, 3.05) is 45.8 Å². The molecule has 2 aliphatic heterocycles. The van der Waals surface area contributed by atoms with Gasteiger partial charge in [-0.05, 0) is 38.1 Å². The summed E-state index contributed by atoms with van der Waals surface area (Å²) in [4.78, 5) is 34.7. The Morgan fingerprint density at radius 2 is 1.65 bits per heavy atom. The van der Waals surface area contributed by atoms with E-state index in [9.17, 15) is 9.59 Å².